The quantitative estimate of drug-likeness (QED) is 0.905. The first-order chi connectivity index (χ1) is 9.99. The molecular weight excluding hydrogens is 268 g/mol. The standard InChI is InChI=1S/C15H20N4O2/c1-11(2)18(8-12(3)20)15(21)13-5-4-6-14(7-13)19-10-16-9-17-19/h4-7,9-12,20H,8H2,1-3H3. The van der Waals surface area contributed by atoms with Crippen LogP contribution in [0.3, 0.4) is 0 Å². The van der Waals surface area contributed by atoms with E-state index in [4.69, 9.17) is 0 Å². The van der Waals surface area contributed by atoms with Gasteiger partial charge in [-0.2, -0.15) is 5.10 Å². The van der Waals surface area contributed by atoms with E-state index < -0.39 is 6.10 Å². The summed E-state index contributed by atoms with van der Waals surface area (Å²) in [5.74, 6) is -0.104. The minimum atomic E-state index is -0.560. The zero-order valence-electron chi connectivity index (χ0n) is 12.5. The molecule has 0 aliphatic heterocycles. The summed E-state index contributed by atoms with van der Waals surface area (Å²) in [6.45, 7) is 5.85. The van der Waals surface area contributed by atoms with Gasteiger partial charge in [0.2, 0.25) is 0 Å². The van der Waals surface area contributed by atoms with Crippen LogP contribution in [0.25, 0.3) is 5.69 Å². The molecule has 2 aromatic rings. The first kappa shape index (κ1) is 15.2. The number of carbonyl (C=O) groups is 1. The van der Waals surface area contributed by atoms with E-state index in [0.717, 1.165) is 5.69 Å². The predicted octanol–water partition coefficient (Wildman–Crippen LogP) is 1.50. The van der Waals surface area contributed by atoms with Gasteiger partial charge >= 0.3 is 0 Å². The highest BCUT2D eigenvalue weighted by atomic mass is 16.3. The minimum absolute atomic E-state index is 0.0159. The highest BCUT2D eigenvalue weighted by molar-refractivity contribution is 5.95. The summed E-state index contributed by atoms with van der Waals surface area (Å²) < 4.78 is 1.60. The number of aromatic nitrogens is 3. The minimum Gasteiger partial charge on any atom is -0.392 e. The van der Waals surface area contributed by atoms with Gasteiger partial charge in [-0.05, 0) is 39.0 Å². The highest BCUT2D eigenvalue weighted by Crippen LogP contribution is 2.13. The molecule has 1 aromatic carbocycles. The molecule has 1 heterocycles. The topological polar surface area (TPSA) is 71.2 Å². The number of carbonyl (C=O) groups excluding carboxylic acids is 1. The van der Waals surface area contributed by atoms with Crippen LogP contribution < -0.4 is 0 Å². The zero-order chi connectivity index (χ0) is 15.4. The Morgan fingerprint density at radius 1 is 1.38 bits per heavy atom. The third-order valence-corrected chi connectivity index (χ3v) is 3.12. The molecule has 0 saturated heterocycles. The molecule has 1 amide bonds. The smallest absolute Gasteiger partial charge is 0.254 e. The third-order valence-electron chi connectivity index (χ3n) is 3.12. The number of hydrogen-bond acceptors (Lipinski definition) is 4. The molecule has 0 radical (unpaired) electrons. The van der Waals surface area contributed by atoms with Crippen LogP contribution >= 0.6 is 0 Å². The monoisotopic (exact) mass is 288 g/mol. The van der Waals surface area contributed by atoms with Gasteiger partial charge in [-0.1, -0.05) is 6.07 Å². The normalized spacial score (nSPS) is 12.4. The van der Waals surface area contributed by atoms with Gasteiger partial charge in [0.05, 0.1) is 11.8 Å². The van der Waals surface area contributed by atoms with Crippen molar-refractivity contribution in [3.63, 3.8) is 0 Å². The molecule has 6 nitrogen and oxygen atoms in total. The van der Waals surface area contributed by atoms with Crippen LogP contribution in [-0.2, 0) is 0 Å². The van der Waals surface area contributed by atoms with Crippen molar-refractivity contribution in [3.05, 3.63) is 42.5 Å². The molecule has 1 N–H and O–H groups in total. The summed E-state index contributed by atoms with van der Waals surface area (Å²) in [5, 5.41) is 13.6. The molecule has 0 fully saturated rings. The van der Waals surface area contributed by atoms with Crippen LogP contribution in [0.4, 0.5) is 0 Å². The fourth-order valence-electron chi connectivity index (χ4n) is 2.10. The number of hydrogen-bond donors (Lipinski definition) is 1. The first-order valence-electron chi connectivity index (χ1n) is 6.93. The Bertz CT molecular complexity index is 593. The van der Waals surface area contributed by atoms with Crippen LogP contribution in [-0.4, -0.2) is 49.4 Å². The Labute approximate surface area is 124 Å². The Balaban J connectivity index is 2.28. The fourth-order valence-corrected chi connectivity index (χ4v) is 2.10. The van der Waals surface area contributed by atoms with Gasteiger partial charge in [-0.15, -0.1) is 0 Å². The number of benzene rings is 1. The SMILES string of the molecule is CC(O)CN(C(=O)c1cccc(-n2cncn2)c1)C(C)C. The summed E-state index contributed by atoms with van der Waals surface area (Å²) in [7, 11) is 0. The van der Waals surface area contributed by atoms with Crippen LogP contribution in [0.5, 0.6) is 0 Å². The van der Waals surface area contributed by atoms with E-state index in [9.17, 15) is 9.90 Å². The molecule has 0 spiro atoms. The van der Waals surface area contributed by atoms with Gasteiger partial charge in [0.25, 0.3) is 5.91 Å². The lowest BCUT2D eigenvalue weighted by atomic mass is 10.1. The van der Waals surface area contributed by atoms with Crippen molar-refractivity contribution in [2.24, 2.45) is 0 Å². The Hall–Kier alpha value is -2.21. The van der Waals surface area contributed by atoms with Gasteiger partial charge in [0.15, 0.2) is 0 Å². The molecule has 6 heteroatoms. The molecule has 1 atom stereocenters. The number of aliphatic hydroxyl groups excluding tert-OH is 1. The maximum absolute atomic E-state index is 12.6. The van der Waals surface area contributed by atoms with Crippen molar-refractivity contribution >= 4 is 5.91 Å². The van der Waals surface area contributed by atoms with Crippen molar-refractivity contribution in [2.75, 3.05) is 6.54 Å². The maximum atomic E-state index is 12.6. The van der Waals surface area contributed by atoms with E-state index in [1.54, 1.807) is 35.0 Å². The molecule has 21 heavy (non-hydrogen) atoms. The molecule has 1 unspecified atom stereocenters. The highest BCUT2D eigenvalue weighted by Gasteiger charge is 2.20. The second-order valence-corrected chi connectivity index (χ2v) is 5.29. The van der Waals surface area contributed by atoms with Crippen molar-refractivity contribution in [1.29, 1.82) is 0 Å². The van der Waals surface area contributed by atoms with Gasteiger partial charge in [-0.25, -0.2) is 9.67 Å². The summed E-state index contributed by atoms with van der Waals surface area (Å²) in [6.07, 6.45) is 2.47. The zero-order valence-corrected chi connectivity index (χ0v) is 12.5. The van der Waals surface area contributed by atoms with E-state index in [1.807, 2.05) is 26.0 Å². The van der Waals surface area contributed by atoms with E-state index in [0.29, 0.717) is 12.1 Å². The number of nitrogens with zero attached hydrogens (tertiary/aromatic N) is 4. The molecule has 2 rings (SSSR count). The second kappa shape index (κ2) is 6.49. The lowest BCUT2D eigenvalue weighted by molar-refractivity contribution is 0.0579. The number of rotatable bonds is 5. The summed E-state index contributed by atoms with van der Waals surface area (Å²) in [5.41, 5.74) is 1.34. The van der Waals surface area contributed by atoms with Crippen LogP contribution in [0.15, 0.2) is 36.9 Å². The molecule has 0 aliphatic rings. The van der Waals surface area contributed by atoms with Crippen LogP contribution in [0.2, 0.25) is 0 Å². The molecule has 0 saturated carbocycles. The fraction of sp³-hybridized carbons (Fsp3) is 0.400. The summed E-state index contributed by atoms with van der Waals surface area (Å²) in [4.78, 5) is 18.2. The van der Waals surface area contributed by atoms with Gasteiger partial charge in [0.1, 0.15) is 12.7 Å². The van der Waals surface area contributed by atoms with E-state index >= 15 is 0 Å². The molecule has 1 aromatic heterocycles. The van der Waals surface area contributed by atoms with Crippen molar-refractivity contribution < 1.29 is 9.90 Å². The van der Waals surface area contributed by atoms with Gasteiger partial charge in [-0.3, -0.25) is 4.79 Å². The molecular formula is C15H20N4O2. The largest absolute Gasteiger partial charge is 0.392 e. The molecule has 112 valence electrons. The summed E-state index contributed by atoms with van der Waals surface area (Å²) in [6, 6.07) is 7.22. The Morgan fingerprint density at radius 3 is 2.71 bits per heavy atom. The van der Waals surface area contributed by atoms with Crippen LogP contribution in [0.1, 0.15) is 31.1 Å². The molecule has 0 bridgehead atoms. The lowest BCUT2D eigenvalue weighted by Crippen LogP contribution is -2.41. The lowest BCUT2D eigenvalue weighted by Gasteiger charge is -2.28. The number of amides is 1. The average molecular weight is 288 g/mol. The van der Waals surface area contributed by atoms with Crippen LogP contribution in [0, 0.1) is 0 Å². The van der Waals surface area contributed by atoms with Crippen molar-refractivity contribution in [3.8, 4) is 5.69 Å². The van der Waals surface area contributed by atoms with Gasteiger partial charge < -0.3 is 10.0 Å². The Morgan fingerprint density at radius 2 is 2.14 bits per heavy atom. The number of aliphatic hydroxyl groups is 1. The van der Waals surface area contributed by atoms with Crippen molar-refractivity contribution in [2.45, 2.75) is 32.9 Å². The summed E-state index contributed by atoms with van der Waals surface area (Å²) >= 11 is 0. The van der Waals surface area contributed by atoms with E-state index in [-0.39, 0.29) is 11.9 Å². The second-order valence-electron chi connectivity index (χ2n) is 5.29. The van der Waals surface area contributed by atoms with Gasteiger partial charge in [0, 0.05) is 18.2 Å². The predicted molar refractivity (Wildman–Crippen MR) is 79.2 cm³/mol. The maximum Gasteiger partial charge on any atom is 0.254 e. The Kier molecular flexibility index (Phi) is 4.70. The average Bonchev–Trinajstić information content (AvgIpc) is 2.98. The first-order valence-corrected chi connectivity index (χ1v) is 6.93. The van der Waals surface area contributed by atoms with E-state index in [2.05, 4.69) is 10.1 Å². The van der Waals surface area contributed by atoms with Crippen molar-refractivity contribution in [1.82, 2.24) is 19.7 Å². The molecule has 0 aliphatic carbocycles. The van der Waals surface area contributed by atoms with E-state index in [1.165, 1.54) is 6.33 Å². The third kappa shape index (κ3) is 3.66.